The van der Waals surface area contributed by atoms with E-state index in [0.717, 1.165) is 16.9 Å². The van der Waals surface area contributed by atoms with Gasteiger partial charge in [0.15, 0.2) is 17.1 Å². The molecule has 0 saturated carbocycles. The van der Waals surface area contributed by atoms with Crippen molar-refractivity contribution >= 4 is 46.6 Å². The van der Waals surface area contributed by atoms with Crippen LogP contribution in [0.4, 0.5) is 5.69 Å². The van der Waals surface area contributed by atoms with E-state index in [-0.39, 0.29) is 17.8 Å². The highest BCUT2D eigenvalue weighted by atomic mass is 35.5. The lowest BCUT2D eigenvalue weighted by molar-refractivity contribution is -0.113. The minimum absolute atomic E-state index is 0.114. The van der Waals surface area contributed by atoms with E-state index in [1.807, 2.05) is 43.5 Å². The predicted octanol–water partition coefficient (Wildman–Crippen LogP) is 6.26. The zero-order valence-corrected chi connectivity index (χ0v) is 20.4. The number of allylic oxidation sites excluding steroid dienone is 1. The lowest BCUT2D eigenvalue weighted by Crippen LogP contribution is -2.16. The summed E-state index contributed by atoms with van der Waals surface area (Å²) in [5.74, 6) is 1.32. The Balaban J connectivity index is 1.72. The molecular formula is C23H24Cl2N4O2S. The second kappa shape index (κ2) is 10.9. The van der Waals surface area contributed by atoms with Gasteiger partial charge >= 0.3 is 0 Å². The van der Waals surface area contributed by atoms with Gasteiger partial charge in [0.25, 0.3) is 0 Å². The maximum absolute atomic E-state index is 12.5. The van der Waals surface area contributed by atoms with Crippen LogP contribution in [-0.4, -0.2) is 26.4 Å². The molecule has 0 spiro atoms. The number of amides is 1. The fraction of sp³-hybridized carbons (Fsp3) is 0.261. The number of nitrogens with zero attached hydrogens (tertiary/aromatic N) is 3. The van der Waals surface area contributed by atoms with Crippen molar-refractivity contribution < 1.29 is 9.53 Å². The molecule has 168 valence electrons. The molecule has 6 nitrogen and oxygen atoms in total. The number of anilines is 1. The van der Waals surface area contributed by atoms with E-state index in [2.05, 4.69) is 22.1 Å². The standard InChI is InChI=1S/C23H24Cl2N4O2S/c1-5-12-29-22(16(4)31-19-11-6-8-14(2)15(19)3)27-28-23(29)32-13-20(30)26-21-17(24)9-7-10-18(21)25/h5-11,16H,1,12-13H2,2-4H3,(H,26,30). The topological polar surface area (TPSA) is 69.0 Å². The van der Waals surface area contributed by atoms with E-state index in [9.17, 15) is 4.79 Å². The van der Waals surface area contributed by atoms with E-state index in [1.54, 1.807) is 24.3 Å². The number of nitrogens with one attached hydrogen (secondary N) is 1. The van der Waals surface area contributed by atoms with Crippen molar-refractivity contribution in [1.82, 2.24) is 14.8 Å². The Morgan fingerprint density at radius 3 is 2.59 bits per heavy atom. The molecule has 9 heteroatoms. The summed E-state index contributed by atoms with van der Waals surface area (Å²) in [6.07, 6.45) is 1.42. The molecule has 2 aromatic carbocycles. The van der Waals surface area contributed by atoms with Crippen LogP contribution in [0.3, 0.4) is 0 Å². The number of hydrogen-bond donors (Lipinski definition) is 1. The molecule has 0 bridgehead atoms. The summed E-state index contributed by atoms with van der Waals surface area (Å²) in [4.78, 5) is 12.5. The van der Waals surface area contributed by atoms with Crippen LogP contribution in [-0.2, 0) is 11.3 Å². The maximum Gasteiger partial charge on any atom is 0.234 e. The molecule has 0 radical (unpaired) electrons. The summed E-state index contributed by atoms with van der Waals surface area (Å²) in [7, 11) is 0. The quantitative estimate of drug-likeness (QED) is 0.283. The largest absolute Gasteiger partial charge is 0.482 e. The van der Waals surface area contributed by atoms with Crippen molar-refractivity contribution in [2.24, 2.45) is 0 Å². The summed E-state index contributed by atoms with van der Waals surface area (Å²) in [6.45, 7) is 10.3. The number of hydrogen-bond acceptors (Lipinski definition) is 5. The van der Waals surface area contributed by atoms with Crippen LogP contribution in [0.25, 0.3) is 0 Å². The Labute approximate surface area is 202 Å². The van der Waals surface area contributed by atoms with Crippen molar-refractivity contribution in [3.8, 4) is 5.75 Å². The number of benzene rings is 2. The molecule has 32 heavy (non-hydrogen) atoms. The zero-order chi connectivity index (χ0) is 23.3. The van der Waals surface area contributed by atoms with E-state index in [4.69, 9.17) is 27.9 Å². The molecule has 1 heterocycles. The fourth-order valence-electron chi connectivity index (χ4n) is 3.03. The van der Waals surface area contributed by atoms with Gasteiger partial charge in [-0.25, -0.2) is 0 Å². The molecule has 3 rings (SSSR count). The number of aromatic nitrogens is 3. The van der Waals surface area contributed by atoms with Gasteiger partial charge in [0.2, 0.25) is 5.91 Å². The number of carbonyl (C=O) groups excluding carboxylic acids is 1. The van der Waals surface area contributed by atoms with Crippen molar-refractivity contribution in [2.75, 3.05) is 11.1 Å². The van der Waals surface area contributed by atoms with Gasteiger partial charge in [-0.05, 0) is 50.1 Å². The molecule has 0 saturated heterocycles. The maximum atomic E-state index is 12.5. The van der Waals surface area contributed by atoms with Gasteiger partial charge in [0.1, 0.15) is 5.75 Å². The summed E-state index contributed by atoms with van der Waals surface area (Å²) >= 11 is 13.5. The molecule has 1 amide bonds. The fourth-order valence-corrected chi connectivity index (χ4v) is 4.27. The van der Waals surface area contributed by atoms with Gasteiger partial charge in [-0.2, -0.15) is 0 Å². The van der Waals surface area contributed by atoms with E-state index in [0.29, 0.717) is 33.3 Å². The first-order valence-electron chi connectivity index (χ1n) is 9.95. The van der Waals surface area contributed by atoms with E-state index >= 15 is 0 Å². The molecule has 0 aliphatic rings. The van der Waals surface area contributed by atoms with Gasteiger partial charge in [0.05, 0.1) is 21.5 Å². The minimum Gasteiger partial charge on any atom is -0.482 e. The van der Waals surface area contributed by atoms with Crippen LogP contribution in [0.15, 0.2) is 54.2 Å². The third kappa shape index (κ3) is 5.65. The molecule has 1 N–H and O–H groups in total. The number of carbonyl (C=O) groups is 1. The average Bonchev–Trinajstić information content (AvgIpc) is 3.15. The van der Waals surface area contributed by atoms with Gasteiger partial charge in [0, 0.05) is 6.54 Å². The highest BCUT2D eigenvalue weighted by Crippen LogP contribution is 2.31. The molecular weight excluding hydrogens is 467 g/mol. The molecule has 3 aromatic rings. The third-order valence-corrected chi connectivity index (χ3v) is 6.44. The van der Waals surface area contributed by atoms with Crippen LogP contribution < -0.4 is 10.1 Å². The number of aryl methyl sites for hydroxylation is 1. The predicted molar refractivity (Wildman–Crippen MR) is 131 cm³/mol. The van der Waals surface area contributed by atoms with Gasteiger partial charge in [-0.15, -0.1) is 16.8 Å². The lowest BCUT2D eigenvalue weighted by Gasteiger charge is -2.18. The Bertz CT molecular complexity index is 1110. The molecule has 1 atom stereocenters. The zero-order valence-electron chi connectivity index (χ0n) is 18.1. The van der Waals surface area contributed by atoms with Crippen LogP contribution in [0.1, 0.15) is 30.0 Å². The normalized spacial score (nSPS) is 11.8. The number of rotatable bonds is 9. The van der Waals surface area contributed by atoms with Gasteiger partial charge < -0.3 is 10.1 Å². The number of thioether (sulfide) groups is 1. The highest BCUT2D eigenvalue weighted by Gasteiger charge is 2.21. The van der Waals surface area contributed by atoms with Crippen LogP contribution >= 0.6 is 35.0 Å². The van der Waals surface area contributed by atoms with Crippen molar-refractivity contribution in [3.05, 3.63) is 76.0 Å². The van der Waals surface area contributed by atoms with Crippen LogP contribution in [0.5, 0.6) is 5.75 Å². The SMILES string of the molecule is C=CCn1c(SCC(=O)Nc2c(Cl)cccc2Cl)nnc1C(C)Oc1cccc(C)c1C. The molecule has 0 aliphatic carbocycles. The second-order valence-electron chi connectivity index (χ2n) is 7.13. The number of halogens is 2. The summed E-state index contributed by atoms with van der Waals surface area (Å²) in [6, 6.07) is 11.0. The Hall–Kier alpha value is -2.48. The smallest absolute Gasteiger partial charge is 0.234 e. The monoisotopic (exact) mass is 490 g/mol. The first-order valence-corrected chi connectivity index (χ1v) is 11.7. The van der Waals surface area contributed by atoms with E-state index < -0.39 is 0 Å². The third-order valence-electron chi connectivity index (χ3n) is 4.84. The van der Waals surface area contributed by atoms with E-state index in [1.165, 1.54) is 11.8 Å². The lowest BCUT2D eigenvalue weighted by atomic mass is 10.1. The summed E-state index contributed by atoms with van der Waals surface area (Å²) < 4.78 is 8.06. The van der Waals surface area contributed by atoms with Crippen molar-refractivity contribution in [3.63, 3.8) is 0 Å². The Morgan fingerprint density at radius 1 is 1.22 bits per heavy atom. The number of ether oxygens (including phenoxy) is 1. The average molecular weight is 491 g/mol. The van der Waals surface area contributed by atoms with Crippen molar-refractivity contribution in [1.29, 1.82) is 0 Å². The van der Waals surface area contributed by atoms with Gasteiger partial charge in [-0.3, -0.25) is 9.36 Å². The van der Waals surface area contributed by atoms with Gasteiger partial charge in [-0.1, -0.05) is 59.2 Å². The van der Waals surface area contributed by atoms with Crippen LogP contribution in [0, 0.1) is 13.8 Å². The molecule has 1 aromatic heterocycles. The number of para-hydroxylation sites is 1. The molecule has 0 fully saturated rings. The summed E-state index contributed by atoms with van der Waals surface area (Å²) in [5.41, 5.74) is 2.63. The Morgan fingerprint density at radius 2 is 1.91 bits per heavy atom. The first-order chi connectivity index (χ1) is 15.3. The van der Waals surface area contributed by atoms with Crippen LogP contribution in [0.2, 0.25) is 10.0 Å². The minimum atomic E-state index is -0.340. The molecule has 1 unspecified atom stereocenters. The highest BCUT2D eigenvalue weighted by molar-refractivity contribution is 7.99. The molecule has 0 aliphatic heterocycles. The Kier molecular flexibility index (Phi) is 8.23. The first kappa shape index (κ1) is 24.2. The summed E-state index contributed by atoms with van der Waals surface area (Å²) in [5, 5.41) is 12.7. The van der Waals surface area contributed by atoms with Crippen molar-refractivity contribution in [2.45, 2.75) is 38.6 Å². The second-order valence-corrected chi connectivity index (χ2v) is 8.89.